The molecule has 2 heterocycles. The van der Waals surface area contributed by atoms with Crippen LogP contribution in [0.1, 0.15) is 52.8 Å². The Bertz CT molecular complexity index is 635. The van der Waals surface area contributed by atoms with Crippen molar-refractivity contribution in [1.29, 1.82) is 0 Å². The van der Waals surface area contributed by atoms with E-state index in [4.69, 9.17) is 0 Å². The molecule has 3 nitrogen and oxygen atoms in total. The van der Waals surface area contributed by atoms with Crippen LogP contribution < -0.4 is 0 Å². The first-order chi connectivity index (χ1) is 9.59. The van der Waals surface area contributed by atoms with Gasteiger partial charge in [0.15, 0.2) is 0 Å². The molecule has 0 aliphatic carbocycles. The predicted molar refractivity (Wildman–Crippen MR) is 82.6 cm³/mol. The molecule has 2 aromatic rings. The van der Waals surface area contributed by atoms with Gasteiger partial charge in [0.2, 0.25) is 5.95 Å². The van der Waals surface area contributed by atoms with Gasteiger partial charge in [-0.1, -0.05) is 41.5 Å². The lowest BCUT2D eigenvalue weighted by molar-refractivity contribution is 0.541. The van der Waals surface area contributed by atoms with Crippen LogP contribution in [0, 0.1) is 5.95 Å². The number of halogens is 1. The van der Waals surface area contributed by atoms with Gasteiger partial charge >= 0.3 is 0 Å². The highest BCUT2D eigenvalue weighted by molar-refractivity contribution is 5.63. The standard InChI is InChI=1S/C17H22FN3/c1-16(2,3)12-9-13(17(4,5)6)20-21-15(12)11-7-8-14(18)19-10-11/h7-10H,1-6H3. The molecule has 21 heavy (non-hydrogen) atoms. The summed E-state index contributed by atoms with van der Waals surface area (Å²) in [6.07, 6.45) is 1.51. The molecule has 4 heteroatoms. The Morgan fingerprint density at radius 1 is 0.905 bits per heavy atom. The first-order valence-electron chi connectivity index (χ1n) is 7.09. The molecule has 0 amide bonds. The van der Waals surface area contributed by atoms with Crippen molar-refractivity contribution in [3.05, 3.63) is 41.6 Å². The summed E-state index contributed by atoms with van der Waals surface area (Å²) in [6.45, 7) is 12.7. The quantitative estimate of drug-likeness (QED) is 0.735. The number of nitrogens with zero attached hydrogens (tertiary/aromatic N) is 3. The summed E-state index contributed by atoms with van der Waals surface area (Å²) in [5.41, 5.74) is 3.45. The van der Waals surface area contributed by atoms with E-state index in [-0.39, 0.29) is 10.8 Å². The van der Waals surface area contributed by atoms with Crippen molar-refractivity contribution in [3.8, 4) is 11.3 Å². The van der Waals surface area contributed by atoms with E-state index in [2.05, 4.69) is 62.8 Å². The molecule has 2 aromatic heterocycles. The Labute approximate surface area is 125 Å². The van der Waals surface area contributed by atoms with E-state index in [1.54, 1.807) is 6.07 Å². The Morgan fingerprint density at radius 2 is 1.57 bits per heavy atom. The molecule has 0 atom stereocenters. The van der Waals surface area contributed by atoms with Crippen LogP contribution in [-0.2, 0) is 10.8 Å². The van der Waals surface area contributed by atoms with Gasteiger partial charge < -0.3 is 0 Å². The third kappa shape index (κ3) is 3.43. The van der Waals surface area contributed by atoms with Crippen LogP contribution in [0.5, 0.6) is 0 Å². The van der Waals surface area contributed by atoms with Gasteiger partial charge in [-0.15, -0.1) is 5.10 Å². The second kappa shape index (κ2) is 5.17. The molecule has 0 unspecified atom stereocenters. The molecular weight excluding hydrogens is 265 g/mol. The van der Waals surface area contributed by atoms with Crippen LogP contribution in [0.2, 0.25) is 0 Å². The monoisotopic (exact) mass is 287 g/mol. The minimum atomic E-state index is -0.490. The molecule has 0 bridgehead atoms. The van der Waals surface area contributed by atoms with E-state index < -0.39 is 5.95 Å². The Morgan fingerprint density at radius 3 is 2.05 bits per heavy atom. The van der Waals surface area contributed by atoms with Crippen molar-refractivity contribution >= 4 is 0 Å². The minimum Gasteiger partial charge on any atom is -0.228 e. The van der Waals surface area contributed by atoms with Crippen molar-refractivity contribution in [2.45, 2.75) is 52.4 Å². The molecule has 0 N–H and O–H groups in total. The molecule has 0 aliphatic rings. The zero-order valence-corrected chi connectivity index (χ0v) is 13.5. The molecule has 0 aromatic carbocycles. The first-order valence-corrected chi connectivity index (χ1v) is 7.09. The van der Waals surface area contributed by atoms with E-state index in [1.807, 2.05) is 0 Å². The van der Waals surface area contributed by atoms with Crippen LogP contribution in [-0.4, -0.2) is 15.2 Å². The van der Waals surface area contributed by atoms with E-state index in [1.165, 1.54) is 12.3 Å². The molecule has 0 aliphatic heterocycles. The lowest BCUT2D eigenvalue weighted by Gasteiger charge is -2.25. The number of aromatic nitrogens is 3. The average molecular weight is 287 g/mol. The summed E-state index contributed by atoms with van der Waals surface area (Å²) in [6, 6.07) is 5.14. The molecule has 2 rings (SSSR count). The lowest BCUT2D eigenvalue weighted by atomic mass is 9.82. The Kier molecular flexibility index (Phi) is 3.83. The summed E-state index contributed by atoms with van der Waals surface area (Å²) < 4.78 is 13.0. The molecule has 0 radical (unpaired) electrons. The number of hydrogen-bond donors (Lipinski definition) is 0. The average Bonchev–Trinajstić information content (AvgIpc) is 2.37. The summed E-state index contributed by atoms with van der Waals surface area (Å²) in [5, 5.41) is 8.75. The van der Waals surface area contributed by atoms with Gasteiger partial charge in [-0.05, 0) is 29.2 Å². The lowest BCUT2D eigenvalue weighted by Crippen LogP contribution is -2.20. The van der Waals surface area contributed by atoms with Crippen LogP contribution in [0.25, 0.3) is 11.3 Å². The Balaban J connectivity index is 2.63. The third-order valence-electron chi connectivity index (χ3n) is 3.37. The zero-order valence-electron chi connectivity index (χ0n) is 13.5. The molecule has 0 saturated heterocycles. The SMILES string of the molecule is CC(C)(C)c1cc(C(C)(C)C)c(-c2ccc(F)nc2)nn1. The fourth-order valence-corrected chi connectivity index (χ4v) is 2.06. The van der Waals surface area contributed by atoms with Gasteiger partial charge in [0.05, 0.1) is 11.4 Å². The van der Waals surface area contributed by atoms with Gasteiger partial charge in [-0.25, -0.2) is 4.98 Å². The van der Waals surface area contributed by atoms with Gasteiger partial charge in [-0.2, -0.15) is 9.49 Å². The largest absolute Gasteiger partial charge is 0.228 e. The molecular formula is C17H22FN3. The first kappa shape index (κ1) is 15.5. The number of hydrogen-bond acceptors (Lipinski definition) is 3. The van der Waals surface area contributed by atoms with Crippen LogP contribution >= 0.6 is 0 Å². The fraction of sp³-hybridized carbons (Fsp3) is 0.471. The van der Waals surface area contributed by atoms with E-state index in [0.29, 0.717) is 0 Å². The predicted octanol–water partition coefficient (Wildman–Crippen LogP) is 4.27. The van der Waals surface area contributed by atoms with Crippen molar-refractivity contribution in [1.82, 2.24) is 15.2 Å². The highest BCUT2D eigenvalue weighted by atomic mass is 19.1. The second-order valence-electron chi connectivity index (χ2n) is 7.36. The van der Waals surface area contributed by atoms with E-state index >= 15 is 0 Å². The molecule has 0 fully saturated rings. The fourth-order valence-electron chi connectivity index (χ4n) is 2.06. The summed E-state index contributed by atoms with van der Waals surface area (Å²) >= 11 is 0. The molecule has 0 saturated carbocycles. The maximum Gasteiger partial charge on any atom is 0.212 e. The maximum absolute atomic E-state index is 13.0. The van der Waals surface area contributed by atoms with Gasteiger partial charge in [0.25, 0.3) is 0 Å². The minimum absolute atomic E-state index is 0.0629. The van der Waals surface area contributed by atoms with E-state index in [9.17, 15) is 4.39 Å². The van der Waals surface area contributed by atoms with Crippen LogP contribution in [0.15, 0.2) is 24.4 Å². The smallest absolute Gasteiger partial charge is 0.212 e. The van der Waals surface area contributed by atoms with Gasteiger partial charge in [-0.3, -0.25) is 0 Å². The number of pyridine rings is 1. The number of rotatable bonds is 1. The Hall–Kier alpha value is -1.84. The highest BCUT2D eigenvalue weighted by Crippen LogP contribution is 2.33. The second-order valence-corrected chi connectivity index (χ2v) is 7.36. The molecule has 0 spiro atoms. The van der Waals surface area contributed by atoms with Crippen LogP contribution in [0.3, 0.4) is 0 Å². The summed E-state index contributed by atoms with van der Waals surface area (Å²) in [4.78, 5) is 3.72. The normalized spacial score (nSPS) is 12.5. The third-order valence-corrected chi connectivity index (χ3v) is 3.37. The van der Waals surface area contributed by atoms with E-state index in [0.717, 1.165) is 22.5 Å². The van der Waals surface area contributed by atoms with Crippen molar-refractivity contribution < 1.29 is 4.39 Å². The van der Waals surface area contributed by atoms with Crippen molar-refractivity contribution in [3.63, 3.8) is 0 Å². The summed E-state index contributed by atoms with van der Waals surface area (Å²) in [5.74, 6) is -0.490. The van der Waals surface area contributed by atoms with Crippen molar-refractivity contribution in [2.75, 3.05) is 0 Å². The van der Waals surface area contributed by atoms with Crippen molar-refractivity contribution in [2.24, 2.45) is 0 Å². The zero-order chi connectivity index (χ0) is 15.8. The summed E-state index contributed by atoms with van der Waals surface area (Å²) in [7, 11) is 0. The van der Waals surface area contributed by atoms with Crippen LogP contribution in [0.4, 0.5) is 4.39 Å². The maximum atomic E-state index is 13.0. The highest BCUT2D eigenvalue weighted by Gasteiger charge is 2.25. The topological polar surface area (TPSA) is 38.7 Å². The van der Waals surface area contributed by atoms with Gasteiger partial charge in [0.1, 0.15) is 0 Å². The van der Waals surface area contributed by atoms with Gasteiger partial charge in [0, 0.05) is 17.2 Å². The molecule has 112 valence electrons.